The molecule has 0 aliphatic heterocycles. The lowest BCUT2D eigenvalue weighted by Crippen LogP contribution is -2.35. The molecule has 21 heavy (non-hydrogen) atoms. The highest BCUT2D eigenvalue weighted by Crippen LogP contribution is 2.14. The molecular weight excluding hydrogens is 292 g/mol. The van der Waals surface area contributed by atoms with Crippen LogP contribution < -0.4 is 10.6 Å². The summed E-state index contributed by atoms with van der Waals surface area (Å²) in [6.45, 7) is 4.12. The summed E-state index contributed by atoms with van der Waals surface area (Å²) in [5, 5.41) is 15.4. The molecule has 0 saturated heterocycles. The summed E-state index contributed by atoms with van der Waals surface area (Å²) in [6, 6.07) is 3.80. The van der Waals surface area contributed by atoms with E-state index in [-0.39, 0.29) is 11.9 Å². The minimum atomic E-state index is -0.550. The van der Waals surface area contributed by atoms with E-state index in [1.807, 2.05) is 26.0 Å². The van der Waals surface area contributed by atoms with Crippen LogP contribution in [0.3, 0.4) is 0 Å². The monoisotopic (exact) mass is 308 g/mol. The molecule has 0 aromatic carbocycles. The number of hydrogen-bond acceptors (Lipinski definition) is 7. The molecule has 2 aromatic heterocycles. The lowest BCUT2D eigenvalue weighted by Gasteiger charge is -2.23. The zero-order chi connectivity index (χ0) is 15.3. The first kappa shape index (κ1) is 15.4. The third-order valence-corrected chi connectivity index (χ3v) is 2.80. The second kappa shape index (κ2) is 6.64. The van der Waals surface area contributed by atoms with Gasteiger partial charge in [-0.25, -0.2) is 0 Å². The van der Waals surface area contributed by atoms with Gasteiger partial charge in [-0.15, -0.1) is 0 Å². The topological polar surface area (TPSA) is 95.8 Å². The fraction of sp³-hybridized carbons (Fsp3) is 0.385. The Bertz CT molecular complexity index is 592. The zero-order valence-electron chi connectivity index (χ0n) is 11.8. The number of aliphatic hydroxyl groups excluding tert-OH is 1. The highest BCUT2D eigenvalue weighted by Gasteiger charge is 2.18. The molecule has 0 aliphatic carbocycles. The van der Waals surface area contributed by atoms with Crippen LogP contribution in [0.25, 0.3) is 0 Å². The Morgan fingerprint density at radius 2 is 2.00 bits per heavy atom. The van der Waals surface area contributed by atoms with Crippen LogP contribution in [0, 0.1) is 0 Å². The lowest BCUT2D eigenvalue weighted by atomic mass is 10.1. The van der Waals surface area contributed by atoms with Crippen molar-refractivity contribution >= 4 is 23.5 Å². The molecule has 2 rings (SSSR count). The Hall–Kier alpha value is -1.99. The van der Waals surface area contributed by atoms with Gasteiger partial charge in [0.25, 0.3) is 0 Å². The standard InChI is InChI=1S/C13H17ClN6O/c1-13(2,8-21)20-12-18-10(14)17-11(19-12)16-7-9-4-3-5-15-6-9/h3-6,21H,7-8H2,1-2H3,(H2,16,17,18,19,20). The maximum absolute atomic E-state index is 9.26. The summed E-state index contributed by atoms with van der Waals surface area (Å²) in [5.74, 6) is 0.665. The minimum absolute atomic E-state index is 0.0608. The van der Waals surface area contributed by atoms with Crippen LogP contribution in [0.4, 0.5) is 11.9 Å². The highest BCUT2D eigenvalue weighted by molar-refractivity contribution is 6.28. The van der Waals surface area contributed by atoms with E-state index in [0.717, 1.165) is 5.56 Å². The molecule has 3 N–H and O–H groups in total. The molecule has 0 radical (unpaired) electrons. The van der Waals surface area contributed by atoms with E-state index in [2.05, 4.69) is 30.6 Å². The number of nitrogens with zero attached hydrogens (tertiary/aromatic N) is 4. The average Bonchev–Trinajstić information content (AvgIpc) is 2.45. The van der Waals surface area contributed by atoms with E-state index >= 15 is 0 Å². The Morgan fingerprint density at radius 1 is 1.24 bits per heavy atom. The van der Waals surface area contributed by atoms with Gasteiger partial charge in [0.1, 0.15) is 0 Å². The van der Waals surface area contributed by atoms with Crippen LogP contribution in [0.15, 0.2) is 24.5 Å². The van der Waals surface area contributed by atoms with Crippen molar-refractivity contribution in [3.8, 4) is 0 Å². The number of halogens is 1. The molecular formula is C13H17ClN6O. The molecule has 0 spiro atoms. The highest BCUT2D eigenvalue weighted by atomic mass is 35.5. The molecule has 0 bridgehead atoms. The molecule has 0 fully saturated rings. The van der Waals surface area contributed by atoms with Gasteiger partial charge in [0.15, 0.2) is 0 Å². The fourth-order valence-electron chi connectivity index (χ4n) is 1.51. The molecule has 0 saturated carbocycles. The predicted octanol–water partition coefficient (Wildman–Crippen LogP) is 1.71. The molecule has 0 atom stereocenters. The van der Waals surface area contributed by atoms with Gasteiger partial charge in [-0.3, -0.25) is 4.98 Å². The van der Waals surface area contributed by atoms with Crippen molar-refractivity contribution in [3.05, 3.63) is 35.4 Å². The van der Waals surface area contributed by atoms with Gasteiger partial charge >= 0.3 is 0 Å². The second-order valence-electron chi connectivity index (χ2n) is 5.13. The number of rotatable bonds is 6. The largest absolute Gasteiger partial charge is 0.394 e. The second-order valence-corrected chi connectivity index (χ2v) is 5.47. The number of anilines is 2. The van der Waals surface area contributed by atoms with Gasteiger partial charge in [0, 0.05) is 18.9 Å². The Balaban J connectivity index is 2.08. The van der Waals surface area contributed by atoms with Gasteiger partial charge in [0.05, 0.1) is 12.1 Å². The molecule has 2 heterocycles. The van der Waals surface area contributed by atoms with Crippen LogP contribution >= 0.6 is 11.6 Å². The van der Waals surface area contributed by atoms with E-state index in [4.69, 9.17) is 11.6 Å². The van der Waals surface area contributed by atoms with E-state index in [0.29, 0.717) is 18.4 Å². The van der Waals surface area contributed by atoms with Gasteiger partial charge in [-0.05, 0) is 37.1 Å². The molecule has 2 aromatic rings. The van der Waals surface area contributed by atoms with E-state index in [1.54, 1.807) is 12.4 Å². The number of aromatic nitrogens is 4. The Morgan fingerprint density at radius 3 is 2.67 bits per heavy atom. The summed E-state index contributed by atoms with van der Waals surface area (Å²) >= 11 is 5.89. The first-order valence-corrected chi connectivity index (χ1v) is 6.80. The fourth-order valence-corrected chi connectivity index (χ4v) is 1.67. The van der Waals surface area contributed by atoms with Gasteiger partial charge in [-0.2, -0.15) is 15.0 Å². The maximum Gasteiger partial charge on any atom is 0.229 e. The van der Waals surface area contributed by atoms with Gasteiger partial charge in [-0.1, -0.05) is 6.07 Å². The third kappa shape index (κ3) is 4.80. The molecule has 7 nitrogen and oxygen atoms in total. The number of nitrogens with one attached hydrogen (secondary N) is 2. The normalized spacial score (nSPS) is 11.2. The van der Waals surface area contributed by atoms with Crippen molar-refractivity contribution in [3.63, 3.8) is 0 Å². The van der Waals surface area contributed by atoms with Crippen LogP contribution in [0.1, 0.15) is 19.4 Å². The van der Waals surface area contributed by atoms with Crippen LogP contribution in [0.2, 0.25) is 5.28 Å². The van der Waals surface area contributed by atoms with Crippen LogP contribution in [-0.2, 0) is 6.54 Å². The lowest BCUT2D eigenvalue weighted by molar-refractivity contribution is 0.233. The minimum Gasteiger partial charge on any atom is -0.394 e. The van der Waals surface area contributed by atoms with Crippen molar-refractivity contribution in [2.45, 2.75) is 25.9 Å². The predicted molar refractivity (Wildman–Crippen MR) is 81.2 cm³/mol. The van der Waals surface area contributed by atoms with Crippen molar-refractivity contribution in [1.82, 2.24) is 19.9 Å². The molecule has 8 heteroatoms. The van der Waals surface area contributed by atoms with Crippen molar-refractivity contribution in [2.75, 3.05) is 17.2 Å². The molecule has 0 unspecified atom stereocenters. The van der Waals surface area contributed by atoms with Crippen molar-refractivity contribution in [2.24, 2.45) is 0 Å². The summed E-state index contributed by atoms with van der Waals surface area (Å²) < 4.78 is 0. The van der Waals surface area contributed by atoms with Crippen molar-refractivity contribution in [1.29, 1.82) is 0 Å². The summed E-state index contributed by atoms with van der Waals surface area (Å²) in [6.07, 6.45) is 3.46. The molecule has 0 amide bonds. The Labute approximate surface area is 127 Å². The first-order chi connectivity index (χ1) is 9.98. The van der Waals surface area contributed by atoms with E-state index < -0.39 is 5.54 Å². The summed E-state index contributed by atoms with van der Waals surface area (Å²) in [5.41, 5.74) is 0.449. The van der Waals surface area contributed by atoms with Crippen molar-refractivity contribution < 1.29 is 5.11 Å². The smallest absolute Gasteiger partial charge is 0.229 e. The van der Waals surface area contributed by atoms with E-state index in [1.165, 1.54) is 0 Å². The zero-order valence-corrected chi connectivity index (χ0v) is 12.6. The first-order valence-electron chi connectivity index (χ1n) is 6.42. The van der Waals surface area contributed by atoms with Gasteiger partial charge < -0.3 is 15.7 Å². The summed E-state index contributed by atoms with van der Waals surface area (Å²) in [7, 11) is 0. The number of aliphatic hydroxyl groups is 1. The average molecular weight is 309 g/mol. The maximum atomic E-state index is 9.26. The molecule has 112 valence electrons. The quantitative estimate of drug-likeness (QED) is 0.747. The summed E-state index contributed by atoms with van der Waals surface area (Å²) in [4.78, 5) is 16.3. The van der Waals surface area contributed by atoms with Crippen LogP contribution in [-0.4, -0.2) is 37.2 Å². The van der Waals surface area contributed by atoms with Crippen LogP contribution in [0.5, 0.6) is 0 Å². The number of pyridine rings is 1. The Kier molecular flexibility index (Phi) is 4.87. The van der Waals surface area contributed by atoms with E-state index in [9.17, 15) is 5.11 Å². The molecule has 0 aliphatic rings. The SMILES string of the molecule is CC(C)(CO)Nc1nc(Cl)nc(NCc2cccnc2)n1. The van der Waals surface area contributed by atoms with Gasteiger partial charge in [0.2, 0.25) is 17.2 Å². The third-order valence-electron chi connectivity index (χ3n) is 2.63. The number of hydrogen-bond donors (Lipinski definition) is 3.